The molecular formula is C15H16FN3OS. The molecule has 0 aliphatic carbocycles. The van der Waals surface area contributed by atoms with Gasteiger partial charge in [-0.2, -0.15) is 4.98 Å². The second-order valence-corrected chi connectivity index (χ2v) is 6.73. The highest BCUT2D eigenvalue weighted by atomic mass is 32.2. The number of hydrogen-bond acceptors (Lipinski definition) is 5. The number of benzene rings is 1. The minimum Gasteiger partial charge on any atom is -0.339 e. The van der Waals surface area contributed by atoms with Crippen molar-refractivity contribution >= 4 is 11.8 Å². The van der Waals surface area contributed by atoms with E-state index in [9.17, 15) is 4.39 Å². The van der Waals surface area contributed by atoms with Crippen molar-refractivity contribution in [3.05, 3.63) is 41.8 Å². The minimum absolute atomic E-state index is 0.218. The third-order valence-electron chi connectivity index (χ3n) is 4.28. The molecular weight excluding hydrogens is 289 g/mol. The van der Waals surface area contributed by atoms with Crippen LogP contribution in [0.4, 0.5) is 4.39 Å². The smallest absolute Gasteiger partial charge is 0.231 e. The molecule has 3 heterocycles. The van der Waals surface area contributed by atoms with E-state index in [1.54, 1.807) is 23.9 Å². The maximum Gasteiger partial charge on any atom is 0.231 e. The van der Waals surface area contributed by atoms with Crippen molar-refractivity contribution in [3.63, 3.8) is 0 Å². The first-order valence-electron chi connectivity index (χ1n) is 7.25. The van der Waals surface area contributed by atoms with Gasteiger partial charge in [0.25, 0.3) is 0 Å². The van der Waals surface area contributed by atoms with Crippen LogP contribution in [-0.2, 0) is 5.75 Å². The van der Waals surface area contributed by atoms with Crippen LogP contribution in [0.3, 0.4) is 0 Å². The molecule has 1 aromatic heterocycles. The van der Waals surface area contributed by atoms with Crippen LogP contribution in [-0.4, -0.2) is 22.2 Å². The number of nitrogens with zero attached hydrogens (tertiary/aromatic N) is 2. The summed E-state index contributed by atoms with van der Waals surface area (Å²) in [6.45, 7) is 0. The molecule has 6 heteroatoms. The molecule has 4 rings (SSSR count). The lowest BCUT2D eigenvalue weighted by Gasteiger charge is -2.15. The first kappa shape index (κ1) is 13.3. The van der Waals surface area contributed by atoms with Crippen molar-refractivity contribution in [1.29, 1.82) is 0 Å². The first-order valence-corrected chi connectivity index (χ1v) is 8.23. The molecule has 0 spiro atoms. The maximum atomic E-state index is 12.8. The van der Waals surface area contributed by atoms with Crippen molar-refractivity contribution in [1.82, 2.24) is 15.5 Å². The number of aromatic nitrogens is 2. The lowest BCUT2D eigenvalue weighted by Crippen LogP contribution is -2.21. The molecule has 2 saturated heterocycles. The molecule has 2 aliphatic rings. The average Bonchev–Trinajstić information content (AvgIpc) is 3.22. The molecule has 0 saturated carbocycles. The lowest BCUT2D eigenvalue weighted by atomic mass is 9.89. The second kappa shape index (κ2) is 5.42. The highest BCUT2D eigenvalue weighted by Gasteiger charge is 2.42. The molecule has 3 atom stereocenters. The van der Waals surface area contributed by atoms with Gasteiger partial charge in [-0.1, -0.05) is 5.16 Å². The number of hydrogen-bond donors (Lipinski definition) is 1. The van der Waals surface area contributed by atoms with Crippen molar-refractivity contribution in [2.75, 3.05) is 0 Å². The Balaban J connectivity index is 1.39. The lowest BCUT2D eigenvalue weighted by molar-refractivity contribution is 0.327. The van der Waals surface area contributed by atoms with Gasteiger partial charge in [0.05, 0.1) is 11.7 Å². The van der Waals surface area contributed by atoms with E-state index in [0.29, 0.717) is 29.6 Å². The zero-order valence-electron chi connectivity index (χ0n) is 11.5. The van der Waals surface area contributed by atoms with Crippen molar-refractivity contribution in [2.24, 2.45) is 0 Å². The molecule has 110 valence electrons. The van der Waals surface area contributed by atoms with Crippen LogP contribution in [0.5, 0.6) is 0 Å². The van der Waals surface area contributed by atoms with E-state index in [1.165, 1.54) is 25.0 Å². The number of halogens is 1. The van der Waals surface area contributed by atoms with Crippen LogP contribution in [0.2, 0.25) is 0 Å². The van der Waals surface area contributed by atoms with Crippen molar-refractivity contribution in [2.45, 2.75) is 47.9 Å². The summed E-state index contributed by atoms with van der Waals surface area (Å²) in [7, 11) is 0. The van der Waals surface area contributed by atoms with Crippen LogP contribution < -0.4 is 5.32 Å². The molecule has 21 heavy (non-hydrogen) atoms. The van der Waals surface area contributed by atoms with Crippen LogP contribution >= 0.6 is 11.8 Å². The fraction of sp³-hybridized carbons (Fsp3) is 0.467. The monoisotopic (exact) mass is 305 g/mol. The zero-order chi connectivity index (χ0) is 14.2. The third-order valence-corrected chi connectivity index (χ3v) is 5.29. The van der Waals surface area contributed by atoms with Crippen LogP contribution in [0.25, 0.3) is 0 Å². The fourth-order valence-electron chi connectivity index (χ4n) is 3.25. The Morgan fingerprint density at radius 1 is 1.29 bits per heavy atom. The third kappa shape index (κ3) is 2.70. The quantitative estimate of drug-likeness (QED) is 0.880. The van der Waals surface area contributed by atoms with Crippen LogP contribution in [0, 0.1) is 5.82 Å². The van der Waals surface area contributed by atoms with E-state index < -0.39 is 0 Å². The van der Waals surface area contributed by atoms with E-state index in [4.69, 9.17) is 4.52 Å². The highest BCUT2D eigenvalue weighted by Crippen LogP contribution is 2.39. The van der Waals surface area contributed by atoms with Gasteiger partial charge in [0.15, 0.2) is 5.82 Å². The Hall–Kier alpha value is -1.40. The van der Waals surface area contributed by atoms with Gasteiger partial charge in [-0.15, -0.1) is 11.8 Å². The summed E-state index contributed by atoms with van der Waals surface area (Å²) in [4.78, 5) is 5.53. The summed E-state index contributed by atoms with van der Waals surface area (Å²) in [5.41, 5.74) is 0. The van der Waals surface area contributed by atoms with Gasteiger partial charge < -0.3 is 9.84 Å². The average molecular weight is 305 g/mol. The zero-order valence-corrected chi connectivity index (χ0v) is 12.3. The summed E-state index contributed by atoms with van der Waals surface area (Å²) in [6, 6.07) is 7.59. The fourth-order valence-corrected chi connectivity index (χ4v) is 3.99. The van der Waals surface area contributed by atoms with E-state index in [1.807, 2.05) is 0 Å². The Bertz CT molecular complexity index is 630. The van der Waals surface area contributed by atoms with Gasteiger partial charge in [-0.05, 0) is 43.5 Å². The van der Waals surface area contributed by atoms with Crippen LogP contribution in [0.1, 0.15) is 36.9 Å². The molecule has 4 nitrogen and oxygen atoms in total. The van der Waals surface area contributed by atoms with Gasteiger partial charge >= 0.3 is 0 Å². The Morgan fingerprint density at radius 2 is 2.14 bits per heavy atom. The SMILES string of the molecule is Fc1ccc(SCc2noc(C3CC4CCC3N4)n2)cc1. The van der Waals surface area contributed by atoms with Gasteiger partial charge in [-0.3, -0.25) is 0 Å². The van der Waals surface area contributed by atoms with Crippen molar-refractivity contribution in [3.8, 4) is 0 Å². The van der Waals surface area contributed by atoms with Gasteiger partial charge in [0.1, 0.15) is 5.82 Å². The summed E-state index contributed by atoms with van der Waals surface area (Å²) in [6.07, 6.45) is 3.58. The molecule has 0 radical (unpaired) electrons. The molecule has 1 aromatic carbocycles. The predicted molar refractivity (Wildman–Crippen MR) is 77.6 cm³/mol. The van der Waals surface area contributed by atoms with Crippen molar-refractivity contribution < 1.29 is 8.91 Å². The summed E-state index contributed by atoms with van der Waals surface area (Å²) in [5, 5.41) is 7.65. The molecule has 1 N–H and O–H groups in total. The predicted octanol–water partition coefficient (Wildman–Crippen LogP) is 3.11. The molecule has 0 amide bonds. The Kier molecular flexibility index (Phi) is 3.43. The molecule has 2 aliphatic heterocycles. The molecule has 2 aromatic rings. The summed E-state index contributed by atoms with van der Waals surface area (Å²) < 4.78 is 18.3. The van der Waals surface area contributed by atoms with Crippen LogP contribution in [0.15, 0.2) is 33.7 Å². The number of rotatable bonds is 4. The standard InChI is InChI=1S/C15H16FN3OS/c16-9-1-4-11(5-2-9)21-8-14-18-15(20-19-14)12-7-10-3-6-13(12)17-10/h1-2,4-5,10,12-13,17H,3,6-8H2. The van der Waals surface area contributed by atoms with Gasteiger partial charge in [-0.25, -0.2) is 4.39 Å². The van der Waals surface area contributed by atoms with Gasteiger partial charge in [0, 0.05) is 17.0 Å². The van der Waals surface area contributed by atoms with E-state index in [0.717, 1.165) is 17.2 Å². The number of nitrogens with one attached hydrogen (secondary N) is 1. The molecule has 2 fully saturated rings. The Labute approximate surface area is 126 Å². The molecule has 3 unspecified atom stereocenters. The molecule has 2 bridgehead atoms. The van der Waals surface area contributed by atoms with E-state index in [2.05, 4.69) is 15.5 Å². The Morgan fingerprint density at radius 3 is 2.86 bits per heavy atom. The minimum atomic E-state index is -0.218. The summed E-state index contributed by atoms with van der Waals surface area (Å²) >= 11 is 1.59. The largest absolute Gasteiger partial charge is 0.339 e. The summed E-state index contributed by atoms with van der Waals surface area (Å²) in [5.74, 6) is 2.28. The first-order chi connectivity index (χ1) is 10.3. The van der Waals surface area contributed by atoms with E-state index in [-0.39, 0.29) is 5.82 Å². The highest BCUT2D eigenvalue weighted by molar-refractivity contribution is 7.98. The topological polar surface area (TPSA) is 51.0 Å². The normalized spacial score (nSPS) is 27.4. The van der Waals surface area contributed by atoms with E-state index >= 15 is 0 Å². The maximum absolute atomic E-state index is 12.8. The second-order valence-electron chi connectivity index (χ2n) is 5.68. The van der Waals surface area contributed by atoms with Gasteiger partial charge in [0.2, 0.25) is 5.89 Å². The number of thioether (sulfide) groups is 1. The number of fused-ring (bicyclic) bond motifs is 2.